The summed E-state index contributed by atoms with van der Waals surface area (Å²) in [7, 11) is 1.26. The lowest BCUT2D eigenvalue weighted by molar-refractivity contribution is -0.145. The maximum Gasteiger partial charge on any atom is 0.328 e. The zero-order chi connectivity index (χ0) is 21.2. The summed E-state index contributed by atoms with van der Waals surface area (Å²) in [6.07, 6.45) is 0.237. The molecule has 6 nitrogen and oxygen atoms in total. The molecule has 0 radical (unpaired) electrons. The third-order valence-corrected chi connectivity index (χ3v) is 4.64. The van der Waals surface area contributed by atoms with Crippen LogP contribution in [-0.4, -0.2) is 30.9 Å². The first-order valence-corrected chi connectivity index (χ1v) is 9.72. The third-order valence-electron chi connectivity index (χ3n) is 4.41. The summed E-state index contributed by atoms with van der Waals surface area (Å²) in [6.45, 7) is 1.88. The van der Waals surface area contributed by atoms with Crippen LogP contribution < -0.4 is 10.6 Å². The highest BCUT2D eigenvalue weighted by molar-refractivity contribution is 6.30. The molecule has 0 aliphatic rings. The number of hydrogen-bond donors (Lipinski definition) is 2. The summed E-state index contributed by atoms with van der Waals surface area (Å²) in [5.41, 5.74) is 1.78. The molecule has 0 spiro atoms. The molecular weight excluding hydrogens is 392 g/mol. The molecule has 0 aliphatic carbocycles. The van der Waals surface area contributed by atoms with Crippen molar-refractivity contribution >= 4 is 29.4 Å². The molecule has 0 bridgehead atoms. The van der Waals surface area contributed by atoms with Gasteiger partial charge in [0.15, 0.2) is 0 Å². The minimum atomic E-state index is -0.850. The lowest BCUT2D eigenvalue weighted by atomic mass is 10.1. The van der Waals surface area contributed by atoms with Gasteiger partial charge in [-0.05, 0) is 30.2 Å². The summed E-state index contributed by atoms with van der Waals surface area (Å²) in [5.74, 6) is -1.19. The second-order valence-electron chi connectivity index (χ2n) is 6.68. The Balaban J connectivity index is 1.86. The molecule has 2 atom stereocenters. The van der Waals surface area contributed by atoms with Gasteiger partial charge in [-0.2, -0.15) is 0 Å². The van der Waals surface area contributed by atoms with Gasteiger partial charge in [-0.25, -0.2) is 4.79 Å². The van der Waals surface area contributed by atoms with Crippen molar-refractivity contribution in [3.05, 3.63) is 70.7 Å². The van der Waals surface area contributed by atoms with Crippen LogP contribution in [0.2, 0.25) is 5.02 Å². The van der Waals surface area contributed by atoms with Gasteiger partial charge in [-0.3, -0.25) is 9.59 Å². The van der Waals surface area contributed by atoms with E-state index in [-0.39, 0.29) is 31.2 Å². The largest absolute Gasteiger partial charge is 0.467 e. The lowest BCUT2D eigenvalue weighted by Crippen LogP contribution is -2.43. The van der Waals surface area contributed by atoms with Crippen LogP contribution in [0.4, 0.5) is 0 Å². The molecule has 0 fully saturated rings. The Bertz CT molecular complexity index is 842. The third kappa shape index (κ3) is 7.58. The predicted octanol–water partition coefficient (Wildman–Crippen LogP) is 3.20. The van der Waals surface area contributed by atoms with Gasteiger partial charge in [0, 0.05) is 24.3 Å². The number of esters is 1. The molecule has 7 heteroatoms. The normalized spacial score (nSPS) is 12.5. The molecule has 0 unspecified atom stereocenters. The van der Waals surface area contributed by atoms with Crippen molar-refractivity contribution in [1.29, 1.82) is 0 Å². The smallest absolute Gasteiger partial charge is 0.328 e. The van der Waals surface area contributed by atoms with E-state index in [0.717, 1.165) is 11.1 Å². The van der Waals surface area contributed by atoms with Crippen molar-refractivity contribution in [1.82, 2.24) is 10.6 Å². The van der Waals surface area contributed by atoms with Crippen LogP contribution in [0.5, 0.6) is 0 Å². The van der Waals surface area contributed by atoms with Crippen LogP contribution in [0, 0.1) is 0 Å². The fourth-order valence-electron chi connectivity index (χ4n) is 2.87. The van der Waals surface area contributed by atoms with Crippen LogP contribution in [-0.2, 0) is 25.5 Å². The standard InChI is InChI=1S/C22H25ClN2O4/c1-15(17-8-4-3-5-9-17)24-20(26)11-12-21(27)25-19(22(28)29-2)14-16-7-6-10-18(23)13-16/h3-10,13,15,19H,11-12,14H2,1-2H3,(H,24,26)(H,25,27)/t15-,19+/m1/s1. The molecule has 0 heterocycles. The SMILES string of the molecule is COC(=O)[C@H](Cc1cccc(Cl)c1)NC(=O)CCC(=O)N[C@H](C)c1ccccc1. The highest BCUT2D eigenvalue weighted by atomic mass is 35.5. The Kier molecular flexibility index (Phi) is 8.68. The number of hydrogen-bond acceptors (Lipinski definition) is 4. The van der Waals surface area contributed by atoms with E-state index in [1.54, 1.807) is 18.2 Å². The van der Waals surface area contributed by atoms with E-state index < -0.39 is 17.9 Å². The summed E-state index contributed by atoms with van der Waals surface area (Å²) in [5, 5.41) is 6.04. The number of nitrogens with one attached hydrogen (secondary N) is 2. The van der Waals surface area contributed by atoms with Crippen LogP contribution in [0.3, 0.4) is 0 Å². The molecule has 0 aromatic heterocycles. The van der Waals surface area contributed by atoms with Gasteiger partial charge < -0.3 is 15.4 Å². The molecule has 154 valence electrons. The minimum Gasteiger partial charge on any atom is -0.467 e. The lowest BCUT2D eigenvalue weighted by Gasteiger charge is -2.17. The van der Waals surface area contributed by atoms with E-state index in [0.29, 0.717) is 5.02 Å². The number of carbonyl (C=O) groups is 3. The fourth-order valence-corrected chi connectivity index (χ4v) is 3.08. The van der Waals surface area contributed by atoms with E-state index in [9.17, 15) is 14.4 Å². The Labute approximate surface area is 175 Å². The Hall–Kier alpha value is -2.86. The molecular formula is C22H25ClN2O4. The van der Waals surface area contributed by atoms with E-state index in [1.165, 1.54) is 7.11 Å². The molecule has 2 N–H and O–H groups in total. The van der Waals surface area contributed by atoms with Crippen LogP contribution in [0.1, 0.15) is 36.9 Å². The minimum absolute atomic E-state index is 0.0219. The number of carbonyl (C=O) groups excluding carboxylic acids is 3. The summed E-state index contributed by atoms with van der Waals surface area (Å²) in [4.78, 5) is 36.4. The van der Waals surface area contributed by atoms with Gasteiger partial charge in [0.05, 0.1) is 13.2 Å². The van der Waals surface area contributed by atoms with Crippen molar-refractivity contribution in [2.45, 2.75) is 38.3 Å². The van der Waals surface area contributed by atoms with E-state index in [1.807, 2.05) is 43.3 Å². The second kappa shape index (κ2) is 11.2. The maximum absolute atomic E-state index is 12.3. The van der Waals surface area contributed by atoms with E-state index >= 15 is 0 Å². The highest BCUT2D eigenvalue weighted by Gasteiger charge is 2.22. The van der Waals surface area contributed by atoms with Crippen LogP contribution in [0.15, 0.2) is 54.6 Å². The molecule has 2 aromatic rings. The average Bonchev–Trinajstić information content (AvgIpc) is 2.72. The average molecular weight is 417 g/mol. The molecule has 0 saturated carbocycles. The Morgan fingerprint density at radius 2 is 1.62 bits per heavy atom. The van der Waals surface area contributed by atoms with Crippen molar-refractivity contribution in [2.75, 3.05) is 7.11 Å². The Morgan fingerprint density at radius 1 is 0.966 bits per heavy atom. The van der Waals surface area contributed by atoms with Gasteiger partial charge >= 0.3 is 5.97 Å². The van der Waals surface area contributed by atoms with E-state index in [4.69, 9.17) is 16.3 Å². The second-order valence-corrected chi connectivity index (χ2v) is 7.11. The zero-order valence-corrected chi connectivity index (χ0v) is 17.2. The number of rotatable bonds is 9. The maximum atomic E-state index is 12.3. The van der Waals surface area contributed by atoms with Gasteiger partial charge in [-0.1, -0.05) is 54.1 Å². The number of amides is 2. The van der Waals surface area contributed by atoms with E-state index in [2.05, 4.69) is 10.6 Å². The first-order valence-electron chi connectivity index (χ1n) is 9.35. The molecule has 0 saturated heterocycles. The number of benzene rings is 2. The highest BCUT2D eigenvalue weighted by Crippen LogP contribution is 2.13. The molecule has 2 aromatic carbocycles. The summed E-state index contributed by atoms with van der Waals surface area (Å²) in [6, 6.07) is 15.6. The topological polar surface area (TPSA) is 84.5 Å². The van der Waals surface area contributed by atoms with Crippen molar-refractivity contribution < 1.29 is 19.1 Å². The molecule has 2 amide bonds. The molecule has 29 heavy (non-hydrogen) atoms. The quantitative estimate of drug-likeness (QED) is 0.615. The predicted molar refractivity (Wildman–Crippen MR) is 111 cm³/mol. The summed E-state index contributed by atoms with van der Waals surface area (Å²) < 4.78 is 4.78. The van der Waals surface area contributed by atoms with Crippen molar-refractivity contribution in [2.24, 2.45) is 0 Å². The summed E-state index contributed by atoms with van der Waals surface area (Å²) >= 11 is 5.97. The number of ether oxygens (including phenoxy) is 1. The first kappa shape index (κ1) is 22.4. The Morgan fingerprint density at radius 3 is 2.24 bits per heavy atom. The van der Waals surface area contributed by atoms with Crippen molar-refractivity contribution in [3.63, 3.8) is 0 Å². The first-order chi connectivity index (χ1) is 13.9. The molecule has 2 rings (SSSR count). The van der Waals surface area contributed by atoms with Crippen LogP contribution >= 0.6 is 11.6 Å². The van der Waals surface area contributed by atoms with Gasteiger partial charge in [0.25, 0.3) is 0 Å². The van der Waals surface area contributed by atoms with Gasteiger partial charge in [0.1, 0.15) is 6.04 Å². The number of methoxy groups -OCH3 is 1. The van der Waals surface area contributed by atoms with Crippen molar-refractivity contribution in [3.8, 4) is 0 Å². The fraction of sp³-hybridized carbons (Fsp3) is 0.318. The monoisotopic (exact) mass is 416 g/mol. The number of halogens is 1. The van der Waals surface area contributed by atoms with Crippen LogP contribution in [0.25, 0.3) is 0 Å². The van der Waals surface area contributed by atoms with Gasteiger partial charge in [-0.15, -0.1) is 0 Å². The molecule has 0 aliphatic heterocycles. The zero-order valence-electron chi connectivity index (χ0n) is 16.5. The van der Waals surface area contributed by atoms with Gasteiger partial charge in [0.2, 0.25) is 11.8 Å².